The van der Waals surface area contributed by atoms with Gasteiger partial charge in [-0.05, 0) is 12.1 Å². The van der Waals surface area contributed by atoms with Crippen LogP contribution in [0.25, 0.3) is 0 Å². The maximum Gasteiger partial charge on any atom is 0.316 e. The molecule has 20 heavy (non-hydrogen) atoms. The summed E-state index contributed by atoms with van der Waals surface area (Å²) in [6, 6.07) is 6.59. The Morgan fingerprint density at radius 2 is 1.85 bits per heavy atom. The molecular formula is C13H21N3O3S. The number of anilines is 1. The van der Waals surface area contributed by atoms with Crippen molar-refractivity contribution in [3.8, 4) is 0 Å². The van der Waals surface area contributed by atoms with Gasteiger partial charge in [-0.15, -0.1) is 0 Å². The van der Waals surface area contributed by atoms with Gasteiger partial charge in [0.2, 0.25) is 0 Å². The number of sulfone groups is 1. The minimum absolute atomic E-state index is 0.0586. The average Bonchev–Trinajstić information content (AvgIpc) is 2.43. The van der Waals surface area contributed by atoms with Crippen LogP contribution in [0.1, 0.15) is 6.92 Å². The SMILES string of the molecule is CCS(=O)(=O)c1ccccc1NCCNC(=O)N(C)C. The second-order valence-corrected chi connectivity index (χ2v) is 6.70. The summed E-state index contributed by atoms with van der Waals surface area (Å²) in [5.41, 5.74) is 0.563. The summed E-state index contributed by atoms with van der Waals surface area (Å²) in [5, 5.41) is 5.74. The maximum atomic E-state index is 11.9. The van der Waals surface area contributed by atoms with Crippen LogP contribution in [0.15, 0.2) is 29.2 Å². The molecule has 0 saturated carbocycles. The molecule has 2 amide bonds. The van der Waals surface area contributed by atoms with Crippen LogP contribution in [-0.4, -0.2) is 52.3 Å². The molecule has 0 unspecified atom stereocenters. The minimum Gasteiger partial charge on any atom is -0.382 e. The number of carbonyl (C=O) groups excluding carboxylic acids is 1. The molecule has 0 radical (unpaired) electrons. The van der Waals surface area contributed by atoms with Gasteiger partial charge in [-0.25, -0.2) is 13.2 Å². The van der Waals surface area contributed by atoms with E-state index in [4.69, 9.17) is 0 Å². The fourth-order valence-corrected chi connectivity index (χ4v) is 2.64. The Kier molecular flexibility index (Phi) is 5.82. The maximum absolute atomic E-state index is 11.9. The van der Waals surface area contributed by atoms with Crippen molar-refractivity contribution in [3.05, 3.63) is 24.3 Å². The molecule has 2 N–H and O–H groups in total. The number of urea groups is 1. The van der Waals surface area contributed by atoms with Gasteiger partial charge in [0.1, 0.15) is 0 Å². The third-order valence-electron chi connectivity index (χ3n) is 2.73. The van der Waals surface area contributed by atoms with Gasteiger partial charge in [0.05, 0.1) is 16.3 Å². The summed E-state index contributed by atoms with van der Waals surface area (Å²) in [6.07, 6.45) is 0. The van der Waals surface area contributed by atoms with E-state index < -0.39 is 9.84 Å². The number of hydrogen-bond donors (Lipinski definition) is 2. The fourth-order valence-electron chi connectivity index (χ4n) is 1.56. The molecule has 0 heterocycles. The molecule has 0 bridgehead atoms. The number of amides is 2. The molecule has 1 aromatic carbocycles. The van der Waals surface area contributed by atoms with Crippen molar-refractivity contribution in [2.24, 2.45) is 0 Å². The Morgan fingerprint density at radius 1 is 1.20 bits per heavy atom. The molecular weight excluding hydrogens is 278 g/mol. The molecule has 0 atom stereocenters. The van der Waals surface area contributed by atoms with Gasteiger partial charge in [-0.2, -0.15) is 0 Å². The first-order valence-electron chi connectivity index (χ1n) is 6.39. The quantitative estimate of drug-likeness (QED) is 0.773. The highest BCUT2D eigenvalue weighted by Gasteiger charge is 2.15. The van der Waals surface area contributed by atoms with Crippen molar-refractivity contribution in [2.45, 2.75) is 11.8 Å². The van der Waals surface area contributed by atoms with Crippen molar-refractivity contribution >= 4 is 21.6 Å². The van der Waals surface area contributed by atoms with Crippen LogP contribution in [0.3, 0.4) is 0 Å². The topological polar surface area (TPSA) is 78.5 Å². The smallest absolute Gasteiger partial charge is 0.316 e. The largest absolute Gasteiger partial charge is 0.382 e. The fraction of sp³-hybridized carbons (Fsp3) is 0.462. The predicted molar refractivity (Wildman–Crippen MR) is 79.7 cm³/mol. The lowest BCUT2D eigenvalue weighted by atomic mass is 10.3. The molecule has 0 aliphatic carbocycles. The zero-order chi connectivity index (χ0) is 15.2. The highest BCUT2D eigenvalue weighted by molar-refractivity contribution is 7.91. The molecule has 112 valence electrons. The monoisotopic (exact) mass is 299 g/mol. The molecule has 0 spiro atoms. The summed E-state index contributed by atoms with van der Waals surface area (Å²) in [5.74, 6) is 0.0586. The number of nitrogens with one attached hydrogen (secondary N) is 2. The van der Waals surface area contributed by atoms with Gasteiger partial charge in [0, 0.05) is 27.2 Å². The Bertz CT molecular complexity index is 556. The van der Waals surface area contributed by atoms with Crippen molar-refractivity contribution in [2.75, 3.05) is 38.3 Å². The zero-order valence-corrected chi connectivity index (χ0v) is 12.8. The van der Waals surface area contributed by atoms with E-state index in [0.717, 1.165) is 0 Å². The molecule has 1 aromatic rings. The van der Waals surface area contributed by atoms with E-state index in [9.17, 15) is 13.2 Å². The van der Waals surface area contributed by atoms with Crippen LogP contribution in [0, 0.1) is 0 Å². The number of hydrogen-bond acceptors (Lipinski definition) is 4. The van der Waals surface area contributed by atoms with Crippen LogP contribution in [0.5, 0.6) is 0 Å². The second-order valence-electron chi connectivity index (χ2n) is 4.45. The van der Waals surface area contributed by atoms with Crippen molar-refractivity contribution < 1.29 is 13.2 Å². The van der Waals surface area contributed by atoms with Crippen LogP contribution < -0.4 is 10.6 Å². The van der Waals surface area contributed by atoms with Crippen molar-refractivity contribution in [3.63, 3.8) is 0 Å². The molecule has 0 aliphatic rings. The summed E-state index contributed by atoms with van der Waals surface area (Å²) in [6.45, 7) is 2.48. The lowest BCUT2D eigenvalue weighted by Crippen LogP contribution is -2.37. The molecule has 0 fully saturated rings. The molecule has 0 aliphatic heterocycles. The van der Waals surface area contributed by atoms with E-state index in [1.165, 1.54) is 4.90 Å². The minimum atomic E-state index is -3.25. The van der Waals surface area contributed by atoms with Crippen molar-refractivity contribution in [1.82, 2.24) is 10.2 Å². The first-order valence-corrected chi connectivity index (χ1v) is 8.04. The van der Waals surface area contributed by atoms with Gasteiger partial charge in [0.15, 0.2) is 9.84 Å². The molecule has 6 nitrogen and oxygen atoms in total. The van der Waals surface area contributed by atoms with Crippen LogP contribution in [0.4, 0.5) is 10.5 Å². The van der Waals surface area contributed by atoms with E-state index in [-0.39, 0.29) is 11.8 Å². The Labute approximate surface area is 120 Å². The van der Waals surface area contributed by atoms with Gasteiger partial charge >= 0.3 is 6.03 Å². The van der Waals surface area contributed by atoms with E-state index in [1.807, 2.05) is 0 Å². The summed E-state index contributed by atoms with van der Waals surface area (Å²) in [7, 11) is 0.0634. The molecule has 1 rings (SSSR count). The Balaban J connectivity index is 2.64. The van der Waals surface area contributed by atoms with Gasteiger partial charge in [-0.3, -0.25) is 0 Å². The zero-order valence-electron chi connectivity index (χ0n) is 12.0. The summed E-state index contributed by atoms with van der Waals surface area (Å²) < 4.78 is 23.9. The number of nitrogens with zero attached hydrogens (tertiary/aromatic N) is 1. The first-order chi connectivity index (χ1) is 9.38. The lowest BCUT2D eigenvalue weighted by molar-refractivity contribution is 0.218. The van der Waals surface area contributed by atoms with Crippen LogP contribution in [0.2, 0.25) is 0 Å². The van der Waals surface area contributed by atoms with Gasteiger partial charge < -0.3 is 15.5 Å². The number of para-hydroxylation sites is 1. The van der Waals surface area contributed by atoms with Crippen LogP contribution >= 0.6 is 0 Å². The van der Waals surface area contributed by atoms with Gasteiger partial charge in [-0.1, -0.05) is 19.1 Å². The third-order valence-corrected chi connectivity index (χ3v) is 4.51. The Hall–Kier alpha value is -1.76. The van der Waals surface area contributed by atoms with Crippen LogP contribution in [-0.2, 0) is 9.84 Å². The number of carbonyl (C=O) groups is 1. The normalized spacial score (nSPS) is 10.9. The molecule has 7 heteroatoms. The molecule has 0 saturated heterocycles. The average molecular weight is 299 g/mol. The van der Waals surface area contributed by atoms with Gasteiger partial charge in [0.25, 0.3) is 0 Å². The van der Waals surface area contributed by atoms with E-state index in [1.54, 1.807) is 45.3 Å². The number of rotatable bonds is 6. The van der Waals surface area contributed by atoms with E-state index >= 15 is 0 Å². The van der Waals surface area contributed by atoms with Crippen molar-refractivity contribution in [1.29, 1.82) is 0 Å². The van der Waals surface area contributed by atoms with E-state index in [2.05, 4.69) is 10.6 Å². The highest BCUT2D eigenvalue weighted by atomic mass is 32.2. The highest BCUT2D eigenvalue weighted by Crippen LogP contribution is 2.21. The van der Waals surface area contributed by atoms with E-state index in [0.29, 0.717) is 23.7 Å². The second kappa shape index (κ2) is 7.14. The lowest BCUT2D eigenvalue weighted by Gasteiger charge is -2.14. The summed E-state index contributed by atoms with van der Waals surface area (Å²) in [4.78, 5) is 13.1. The Morgan fingerprint density at radius 3 is 2.45 bits per heavy atom. The predicted octanol–water partition coefficient (Wildman–Crippen LogP) is 1.16. The molecule has 0 aromatic heterocycles. The number of benzene rings is 1. The third kappa shape index (κ3) is 4.41. The summed E-state index contributed by atoms with van der Waals surface area (Å²) >= 11 is 0. The first kappa shape index (κ1) is 16.3. The standard InChI is InChI=1S/C13H21N3O3S/c1-4-20(18,19)12-8-6-5-7-11(12)14-9-10-15-13(17)16(2)3/h5-8,14H,4,9-10H2,1-3H3,(H,15,17).